The summed E-state index contributed by atoms with van der Waals surface area (Å²) in [7, 11) is 1.70. The second kappa shape index (κ2) is 6.03. The Labute approximate surface area is 121 Å². The van der Waals surface area contributed by atoms with E-state index in [1.807, 2.05) is 0 Å². The van der Waals surface area contributed by atoms with Crippen molar-refractivity contribution < 1.29 is 4.74 Å². The molecule has 20 heavy (non-hydrogen) atoms. The zero-order valence-corrected chi connectivity index (χ0v) is 12.4. The number of aromatic nitrogens is 2. The van der Waals surface area contributed by atoms with Crippen LogP contribution in [0.2, 0.25) is 0 Å². The van der Waals surface area contributed by atoms with Gasteiger partial charge in [0, 0.05) is 18.6 Å². The van der Waals surface area contributed by atoms with Crippen LogP contribution in [0.5, 0.6) is 0 Å². The summed E-state index contributed by atoms with van der Waals surface area (Å²) in [5.74, 6) is 0.722. The molecule has 2 heterocycles. The summed E-state index contributed by atoms with van der Waals surface area (Å²) in [5, 5.41) is 4.09. The number of aromatic amines is 1. The fourth-order valence-corrected chi connectivity index (χ4v) is 3.96. The zero-order chi connectivity index (χ0) is 13.9. The Morgan fingerprint density at radius 2 is 2.35 bits per heavy atom. The normalized spacial score (nSPS) is 14.1. The van der Waals surface area contributed by atoms with E-state index in [2.05, 4.69) is 15.3 Å². The highest BCUT2D eigenvalue weighted by Gasteiger charge is 2.20. The molecule has 0 atom stereocenters. The molecule has 0 aromatic carbocycles. The summed E-state index contributed by atoms with van der Waals surface area (Å²) in [6.07, 6.45) is 4.24. The Morgan fingerprint density at radius 1 is 1.45 bits per heavy atom. The number of fused-ring (bicyclic) bond motifs is 3. The fourth-order valence-electron chi connectivity index (χ4n) is 2.68. The molecule has 0 amide bonds. The number of nitrogens with one attached hydrogen (secondary N) is 2. The first-order valence-corrected chi connectivity index (χ1v) is 7.84. The average Bonchev–Trinajstić information content (AvgIpc) is 2.98. The summed E-state index contributed by atoms with van der Waals surface area (Å²) >= 11 is 1.68. The van der Waals surface area contributed by atoms with Crippen LogP contribution in [0.25, 0.3) is 10.2 Å². The molecule has 108 valence electrons. The van der Waals surface area contributed by atoms with E-state index < -0.39 is 0 Å². The van der Waals surface area contributed by atoms with E-state index in [0.29, 0.717) is 6.54 Å². The van der Waals surface area contributed by atoms with Crippen molar-refractivity contribution in [2.24, 2.45) is 0 Å². The quantitative estimate of drug-likeness (QED) is 0.794. The van der Waals surface area contributed by atoms with Gasteiger partial charge in [-0.15, -0.1) is 11.3 Å². The van der Waals surface area contributed by atoms with Gasteiger partial charge in [-0.05, 0) is 37.8 Å². The van der Waals surface area contributed by atoms with Crippen molar-refractivity contribution in [3.05, 3.63) is 26.6 Å². The molecule has 3 rings (SSSR count). The van der Waals surface area contributed by atoms with E-state index in [9.17, 15) is 4.79 Å². The Hall–Kier alpha value is -1.24. The maximum Gasteiger partial charge on any atom is 0.259 e. The Morgan fingerprint density at radius 3 is 3.20 bits per heavy atom. The summed E-state index contributed by atoms with van der Waals surface area (Å²) in [6, 6.07) is 0. The van der Waals surface area contributed by atoms with Gasteiger partial charge >= 0.3 is 0 Å². The van der Waals surface area contributed by atoms with Crippen LogP contribution < -0.4 is 10.9 Å². The Kier molecular flexibility index (Phi) is 4.14. The second-order valence-electron chi connectivity index (χ2n) is 5.07. The molecule has 0 spiro atoms. The minimum Gasteiger partial charge on any atom is -0.385 e. The van der Waals surface area contributed by atoms with E-state index in [-0.39, 0.29) is 5.56 Å². The van der Waals surface area contributed by atoms with Crippen LogP contribution in [0.1, 0.15) is 29.1 Å². The highest BCUT2D eigenvalue weighted by Crippen LogP contribution is 2.34. The van der Waals surface area contributed by atoms with Crippen LogP contribution >= 0.6 is 11.3 Å². The molecule has 2 N–H and O–H groups in total. The summed E-state index contributed by atoms with van der Waals surface area (Å²) in [6.45, 7) is 2.20. The molecule has 0 aliphatic heterocycles. The summed E-state index contributed by atoms with van der Waals surface area (Å²) < 4.78 is 4.99. The minimum absolute atomic E-state index is 0.0168. The highest BCUT2D eigenvalue weighted by atomic mass is 32.1. The molecule has 0 saturated heterocycles. The molecular formula is C14H19N3O2S. The lowest BCUT2D eigenvalue weighted by Gasteiger charge is -2.04. The van der Waals surface area contributed by atoms with E-state index in [0.717, 1.165) is 48.5 Å². The first-order valence-electron chi connectivity index (χ1n) is 7.02. The van der Waals surface area contributed by atoms with Crippen molar-refractivity contribution in [3.63, 3.8) is 0 Å². The Bertz CT molecular complexity index is 662. The molecule has 1 aliphatic carbocycles. The van der Waals surface area contributed by atoms with Gasteiger partial charge in [-0.1, -0.05) is 0 Å². The van der Waals surface area contributed by atoms with Gasteiger partial charge in [-0.3, -0.25) is 4.79 Å². The molecule has 5 nitrogen and oxygen atoms in total. The molecule has 0 bridgehead atoms. The predicted octanol–water partition coefficient (Wildman–Crippen LogP) is 1.60. The van der Waals surface area contributed by atoms with Gasteiger partial charge in [-0.25, -0.2) is 4.98 Å². The number of methoxy groups -OCH3 is 1. The van der Waals surface area contributed by atoms with Crippen molar-refractivity contribution in [2.75, 3.05) is 20.3 Å². The van der Waals surface area contributed by atoms with E-state index >= 15 is 0 Å². The third-order valence-corrected chi connectivity index (χ3v) is 4.80. The van der Waals surface area contributed by atoms with Crippen LogP contribution in [-0.2, 0) is 24.1 Å². The van der Waals surface area contributed by atoms with E-state index in [1.165, 1.54) is 16.9 Å². The van der Waals surface area contributed by atoms with Crippen molar-refractivity contribution >= 4 is 21.6 Å². The highest BCUT2D eigenvalue weighted by molar-refractivity contribution is 7.18. The first-order chi connectivity index (χ1) is 9.79. The third-order valence-electron chi connectivity index (χ3n) is 3.62. The van der Waals surface area contributed by atoms with Crippen LogP contribution in [0.3, 0.4) is 0 Å². The van der Waals surface area contributed by atoms with E-state index in [4.69, 9.17) is 4.74 Å². The summed E-state index contributed by atoms with van der Waals surface area (Å²) in [4.78, 5) is 22.0. The number of hydrogen-bond donors (Lipinski definition) is 2. The van der Waals surface area contributed by atoms with Crippen LogP contribution in [0.4, 0.5) is 0 Å². The third kappa shape index (κ3) is 2.63. The molecule has 0 fully saturated rings. The molecule has 2 aromatic rings. The van der Waals surface area contributed by atoms with Gasteiger partial charge in [0.15, 0.2) is 0 Å². The summed E-state index contributed by atoms with van der Waals surface area (Å²) in [5.41, 5.74) is 1.25. The fraction of sp³-hybridized carbons (Fsp3) is 0.571. The van der Waals surface area contributed by atoms with Gasteiger partial charge in [0.2, 0.25) is 0 Å². The van der Waals surface area contributed by atoms with Crippen molar-refractivity contribution in [3.8, 4) is 0 Å². The lowest BCUT2D eigenvalue weighted by molar-refractivity contribution is 0.194. The number of hydrogen-bond acceptors (Lipinski definition) is 5. The van der Waals surface area contributed by atoms with Gasteiger partial charge < -0.3 is 15.0 Å². The van der Waals surface area contributed by atoms with Crippen molar-refractivity contribution in [1.29, 1.82) is 0 Å². The number of aryl methyl sites for hydroxylation is 2. The minimum atomic E-state index is 0.0168. The molecule has 0 radical (unpaired) electrons. The van der Waals surface area contributed by atoms with Gasteiger partial charge in [0.1, 0.15) is 10.7 Å². The van der Waals surface area contributed by atoms with Crippen LogP contribution in [0, 0.1) is 0 Å². The van der Waals surface area contributed by atoms with Crippen molar-refractivity contribution in [1.82, 2.24) is 15.3 Å². The number of H-pyrrole nitrogens is 1. The topological polar surface area (TPSA) is 67.0 Å². The first kappa shape index (κ1) is 13.7. The molecular weight excluding hydrogens is 274 g/mol. The lowest BCUT2D eigenvalue weighted by Crippen LogP contribution is -2.21. The predicted molar refractivity (Wildman–Crippen MR) is 80.5 cm³/mol. The number of nitrogens with zero attached hydrogens (tertiary/aromatic N) is 1. The maximum atomic E-state index is 12.2. The largest absolute Gasteiger partial charge is 0.385 e. The monoisotopic (exact) mass is 293 g/mol. The average molecular weight is 293 g/mol. The molecule has 6 heteroatoms. The maximum absolute atomic E-state index is 12.2. The van der Waals surface area contributed by atoms with Crippen LogP contribution in [-0.4, -0.2) is 30.2 Å². The number of thiophene rings is 1. The number of ether oxygens (including phenoxy) is 1. The number of rotatable bonds is 6. The van der Waals surface area contributed by atoms with E-state index in [1.54, 1.807) is 18.4 Å². The molecule has 1 aliphatic rings. The second-order valence-corrected chi connectivity index (χ2v) is 6.16. The smallest absolute Gasteiger partial charge is 0.259 e. The SMILES string of the molecule is COCCCNCc1nc2sc3c(c2c(=O)[nH]1)CCC3. The standard InChI is InChI=1S/C14H19N3O2S/c1-19-7-3-6-15-8-11-16-13(18)12-9-4-2-5-10(9)20-14(12)17-11/h15H,2-8H2,1H3,(H,16,17,18). The van der Waals surface area contributed by atoms with Gasteiger partial charge in [0.25, 0.3) is 5.56 Å². The zero-order valence-electron chi connectivity index (χ0n) is 11.6. The van der Waals surface area contributed by atoms with Gasteiger partial charge in [-0.2, -0.15) is 0 Å². The van der Waals surface area contributed by atoms with Crippen LogP contribution in [0.15, 0.2) is 4.79 Å². The Balaban J connectivity index is 1.75. The molecule has 2 aromatic heterocycles. The lowest BCUT2D eigenvalue weighted by atomic mass is 10.2. The molecule has 0 saturated carbocycles. The van der Waals surface area contributed by atoms with Gasteiger partial charge in [0.05, 0.1) is 11.9 Å². The van der Waals surface area contributed by atoms with Crippen molar-refractivity contribution in [2.45, 2.75) is 32.2 Å². The molecule has 0 unspecified atom stereocenters.